The van der Waals surface area contributed by atoms with Gasteiger partial charge in [0.05, 0.1) is 5.56 Å². The fourth-order valence-corrected chi connectivity index (χ4v) is 2.94. The molecule has 4 N–H and O–H groups in total. The molecule has 5 nitrogen and oxygen atoms in total. The van der Waals surface area contributed by atoms with Crippen LogP contribution in [-0.4, -0.2) is 46.4 Å². The lowest BCUT2D eigenvalue weighted by Crippen LogP contribution is -2.45. The predicted octanol–water partition coefficient (Wildman–Crippen LogP) is 2.19. The van der Waals surface area contributed by atoms with Crippen molar-refractivity contribution in [1.82, 2.24) is 10.2 Å². The van der Waals surface area contributed by atoms with Gasteiger partial charge in [0.15, 0.2) is 0 Å². The fourth-order valence-electron chi connectivity index (χ4n) is 2.94. The zero-order chi connectivity index (χ0) is 15.4. The van der Waals surface area contributed by atoms with Gasteiger partial charge in [-0.05, 0) is 18.8 Å². The Labute approximate surface area is 126 Å². The van der Waals surface area contributed by atoms with Crippen LogP contribution in [0.2, 0.25) is 0 Å². The number of hydrogen-bond acceptors (Lipinski definition) is 5. The van der Waals surface area contributed by atoms with Gasteiger partial charge in [-0.3, -0.25) is 4.90 Å². The second kappa shape index (κ2) is 7.00. The summed E-state index contributed by atoms with van der Waals surface area (Å²) in [4.78, 5) is 2.30. The van der Waals surface area contributed by atoms with E-state index in [0.29, 0.717) is 11.5 Å². The highest BCUT2D eigenvalue weighted by atomic mass is 16.3. The van der Waals surface area contributed by atoms with Gasteiger partial charge in [0.25, 0.3) is 0 Å². The topological polar surface area (TPSA) is 76.0 Å². The van der Waals surface area contributed by atoms with Crippen molar-refractivity contribution in [1.29, 1.82) is 0 Å². The lowest BCUT2D eigenvalue weighted by atomic mass is 9.94. The van der Waals surface area contributed by atoms with Gasteiger partial charge in [-0.2, -0.15) is 0 Å². The summed E-state index contributed by atoms with van der Waals surface area (Å²) in [5.41, 5.74) is 0.537. The minimum absolute atomic E-state index is 0.0184. The Bertz CT molecular complexity index is 448. The van der Waals surface area contributed by atoms with Gasteiger partial charge in [0, 0.05) is 44.4 Å². The number of nitrogens with one attached hydrogen (secondary N) is 1. The van der Waals surface area contributed by atoms with Crippen LogP contribution in [0.3, 0.4) is 0 Å². The van der Waals surface area contributed by atoms with Crippen LogP contribution in [0.25, 0.3) is 0 Å². The molecule has 1 aliphatic heterocycles. The summed E-state index contributed by atoms with van der Waals surface area (Å²) < 4.78 is 0. The number of rotatable bonds is 5. The number of nitrogens with zero attached hydrogens (tertiary/aromatic N) is 1. The van der Waals surface area contributed by atoms with Gasteiger partial charge in [-0.1, -0.05) is 13.8 Å². The smallest absolute Gasteiger partial charge is 0.127 e. The van der Waals surface area contributed by atoms with E-state index in [1.54, 1.807) is 0 Å². The van der Waals surface area contributed by atoms with E-state index in [1.165, 1.54) is 12.1 Å². The molecule has 1 aromatic rings. The van der Waals surface area contributed by atoms with E-state index >= 15 is 0 Å². The lowest BCUT2D eigenvalue weighted by Gasteiger charge is -2.36. The van der Waals surface area contributed by atoms with Crippen molar-refractivity contribution < 1.29 is 15.3 Å². The average molecular weight is 294 g/mol. The molecule has 1 heterocycles. The number of hydrogen-bond donors (Lipinski definition) is 4. The molecule has 5 heteroatoms. The second-order valence-corrected chi connectivity index (χ2v) is 6.17. The zero-order valence-corrected chi connectivity index (χ0v) is 12.8. The maximum absolute atomic E-state index is 10.2. The minimum Gasteiger partial charge on any atom is -0.508 e. The highest BCUT2D eigenvalue weighted by molar-refractivity contribution is 5.50. The van der Waals surface area contributed by atoms with Crippen LogP contribution in [0.4, 0.5) is 0 Å². The van der Waals surface area contributed by atoms with Crippen LogP contribution in [0.5, 0.6) is 17.2 Å². The van der Waals surface area contributed by atoms with Crippen molar-refractivity contribution >= 4 is 0 Å². The van der Waals surface area contributed by atoms with Gasteiger partial charge in [0.2, 0.25) is 0 Å². The van der Waals surface area contributed by atoms with E-state index in [1.807, 2.05) is 0 Å². The molecule has 0 saturated carbocycles. The first kappa shape index (κ1) is 15.9. The molecule has 1 aliphatic rings. The maximum atomic E-state index is 10.2. The summed E-state index contributed by atoms with van der Waals surface area (Å²) in [6.45, 7) is 7.96. The predicted molar refractivity (Wildman–Crippen MR) is 82.7 cm³/mol. The molecule has 0 aliphatic carbocycles. The molecule has 1 aromatic carbocycles. The van der Waals surface area contributed by atoms with Gasteiger partial charge in [0.1, 0.15) is 17.2 Å². The Morgan fingerprint density at radius 3 is 2.14 bits per heavy atom. The second-order valence-electron chi connectivity index (χ2n) is 6.17. The molecule has 118 valence electrons. The van der Waals surface area contributed by atoms with Crippen molar-refractivity contribution in [2.75, 3.05) is 26.2 Å². The number of benzene rings is 1. The van der Waals surface area contributed by atoms with Crippen molar-refractivity contribution in [3.05, 3.63) is 17.7 Å². The molecule has 1 saturated heterocycles. The van der Waals surface area contributed by atoms with Crippen LogP contribution < -0.4 is 5.32 Å². The van der Waals surface area contributed by atoms with Crippen LogP contribution in [0.15, 0.2) is 12.1 Å². The Morgan fingerprint density at radius 1 is 1.05 bits per heavy atom. The fraction of sp³-hybridized carbons (Fsp3) is 0.625. The third-order valence-electron chi connectivity index (χ3n) is 4.06. The van der Waals surface area contributed by atoms with E-state index < -0.39 is 0 Å². The zero-order valence-electron chi connectivity index (χ0n) is 12.8. The molecular formula is C16H26N2O3. The van der Waals surface area contributed by atoms with E-state index in [9.17, 15) is 15.3 Å². The summed E-state index contributed by atoms with van der Waals surface area (Å²) in [6, 6.07) is 2.59. The number of aromatic hydroxyl groups is 3. The number of piperazine rings is 1. The molecule has 1 atom stereocenters. The molecule has 0 spiro atoms. The van der Waals surface area contributed by atoms with E-state index in [0.717, 1.165) is 39.0 Å². The summed E-state index contributed by atoms with van der Waals surface area (Å²) in [7, 11) is 0. The highest BCUT2D eigenvalue weighted by Crippen LogP contribution is 2.41. The molecule has 0 bridgehead atoms. The Morgan fingerprint density at radius 2 is 1.62 bits per heavy atom. The van der Waals surface area contributed by atoms with Crippen molar-refractivity contribution in [2.24, 2.45) is 5.92 Å². The first-order chi connectivity index (χ1) is 9.99. The molecule has 0 radical (unpaired) electrons. The normalized spacial score (nSPS) is 18.0. The van der Waals surface area contributed by atoms with Gasteiger partial charge < -0.3 is 20.6 Å². The quantitative estimate of drug-likeness (QED) is 0.670. The molecule has 2 rings (SSSR count). The van der Waals surface area contributed by atoms with E-state index in [2.05, 4.69) is 24.1 Å². The molecular weight excluding hydrogens is 268 g/mol. The van der Waals surface area contributed by atoms with E-state index in [4.69, 9.17) is 0 Å². The monoisotopic (exact) mass is 294 g/mol. The standard InChI is InChI=1S/C16H26N2O3/c1-11(2)3-4-13(18-7-5-17-6-8-18)16-14(20)9-12(19)10-15(16)21/h9-11,13,17,19-21H,3-8H2,1-2H3/t13-/m0/s1. The first-order valence-corrected chi connectivity index (χ1v) is 7.68. The summed E-state index contributed by atoms with van der Waals surface area (Å²) in [5, 5.41) is 33.2. The number of phenolic OH excluding ortho intramolecular Hbond substituents is 3. The van der Waals surface area contributed by atoms with Crippen LogP contribution in [-0.2, 0) is 0 Å². The molecule has 0 aromatic heterocycles. The Hall–Kier alpha value is -1.46. The molecule has 0 amide bonds. The van der Waals surface area contributed by atoms with Crippen LogP contribution in [0.1, 0.15) is 38.3 Å². The van der Waals surface area contributed by atoms with Gasteiger partial charge in [-0.25, -0.2) is 0 Å². The Kier molecular flexibility index (Phi) is 5.31. The molecule has 21 heavy (non-hydrogen) atoms. The molecule has 0 unspecified atom stereocenters. The SMILES string of the molecule is CC(C)CC[C@@H](c1c(O)cc(O)cc1O)N1CCNCC1. The highest BCUT2D eigenvalue weighted by Gasteiger charge is 2.27. The van der Waals surface area contributed by atoms with Gasteiger partial charge >= 0.3 is 0 Å². The third kappa shape index (κ3) is 4.02. The lowest BCUT2D eigenvalue weighted by molar-refractivity contribution is 0.154. The largest absolute Gasteiger partial charge is 0.508 e. The van der Waals surface area contributed by atoms with Crippen LogP contribution >= 0.6 is 0 Å². The number of phenols is 3. The van der Waals surface area contributed by atoms with Gasteiger partial charge in [-0.15, -0.1) is 0 Å². The van der Waals surface area contributed by atoms with Crippen molar-refractivity contribution in [3.8, 4) is 17.2 Å². The van der Waals surface area contributed by atoms with Crippen molar-refractivity contribution in [2.45, 2.75) is 32.7 Å². The maximum Gasteiger partial charge on any atom is 0.127 e. The van der Waals surface area contributed by atoms with Crippen LogP contribution in [0, 0.1) is 5.92 Å². The first-order valence-electron chi connectivity index (χ1n) is 7.68. The summed E-state index contributed by atoms with van der Waals surface area (Å²) in [6.07, 6.45) is 1.90. The Balaban J connectivity index is 2.29. The minimum atomic E-state index is -0.114. The summed E-state index contributed by atoms with van der Waals surface area (Å²) >= 11 is 0. The van der Waals surface area contributed by atoms with Crippen molar-refractivity contribution in [3.63, 3.8) is 0 Å². The third-order valence-corrected chi connectivity index (χ3v) is 4.06. The molecule has 1 fully saturated rings. The van der Waals surface area contributed by atoms with E-state index in [-0.39, 0.29) is 23.3 Å². The summed E-state index contributed by atoms with van der Waals surface area (Å²) in [5.74, 6) is 0.396. The average Bonchev–Trinajstić information content (AvgIpc) is 2.42.